The van der Waals surface area contributed by atoms with Gasteiger partial charge in [0.1, 0.15) is 0 Å². The van der Waals surface area contributed by atoms with Crippen molar-refractivity contribution in [3.8, 4) is 0 Å². The molecule has 0 aliphatic rings. The number of rotatable bonds is 6. The highest BCUT2D eigenvalue weighted by Crippen LogP contribution is 2.21. The Morgan fingerprint density at radius 1 is 1.10 bits per heavy atom. The molecule has 2 aromatic carbocycles. The maximum Gasteiger partial charge on any atom is 0.237 e. The Morgan fingerprint density at radius 3 is 2.38 bits per heavy atom. The van der Waals surface area contributed by atoms with Crippen molar-refractivity contribution < 1.29 is 4.79 Å². The van der Waals surface area contributed by atoms with E-state index in [0.717, 1.165) is 11.4 Å². The fourth-order valence-corrected chi connectivity index (χ4v) is 3.04. The summed E-state index contributed by atoms with van der Waals surface area (Å²) in [4.78, 5) is 13.4. The van der Waals surface area contributed by atoms with Crippen molar-refractivity contribution in [3.63, 3.8) is 0 Å². The third-order valence-corrected chi connectivity index (χ3v) is 5.03. The molecule has 110 valence electrons. The second-order valence-corrected chi connectivity index (χ2v) is 6.87. The zero-order chi connectivity index (χ0) is 15.1. The van der Waals surface area contributed by atoms with E-state index in [9.17, 15) is 4.79 Å². The Hall–Kier alpha value is -1.39. The zero-order valence-electron chi connectivity index (χ0n) is 12.2. The van der Waals surface area contributed by atoms with Gasteiger partial charge in [0.2, 0.25) is 5.91 Å². The molecule has 0 spiro atoms. The summed E-state index contributed by atoms with van der Waals surface area (Å²) in [6.45, 7) is 1.94. The molecule has 0 heterocycles. The van der Waals surface area contributed by atoms with Gasteiger partial charge in [-0.3, -0.25) is 4.79 Å². The molecule has 0 aliphatic heterocycles. The number of carbonyl (C=O) groups is 1. The SMILES string of the molecule is CSc1ccc(CSC(C)C(=O)Nc2ccccc2)cc1. The number of anilines is 1. The molecule has 1 amide bonds. The van der Waals surface area contributed by atoms with Crippen molar-refractivity contribution in [2.75, 3.05) is 11.6 Å². The summed E-state index contributed by atoms with van der Waals surface area (Å²) in [5.74, 6) is 0.893. The second-order valence-electron chi connectivity index (χ2n) is 4.66. The number of hydrogen-bond acceptors (Lipinski definition) is 3. The van der Waals surface area contributed by atoms with Crippen molar-refractivity contribution in [2.24, 2.45) is 0 Å². The number of thioether (sulfide) groups is 2. The average molecular weight is 317 g/mol. The van der Waals surface area contributed by atoms with Gasteiger partial charge in [-0.2, -0.15) is 0 Å². The van der Waals surface area contributed by atoms with E-state index in [2.05, 4.69) is 35.8 Å². The molecule has 0 bridgehead atoms. The topological polar surface area (TPSA) is 29.1 Å². The highest BCUT2D eigenvalue weighted by molar-refractivity contribution is 7.99. The Labute approximate surface area is 134 Å². The minimum Gasteiger partial charge on any atom is -0.325 e. The highest BCUT2D eigenvalue weighted by atomic mass is 32.2. The molecule has 2 rings (SSSR count). The molecule has 4 heteroatoms. The van der Waals surface area contributed by atoms with Gasteiger partial charge in [-0.15, -0.1) is 23.5 Å². The molecule has 0 saturated carbocycles. The van der Waals surface area contributed by atoms with Crippen LogP contribution in [0.4, 0.5) is 5.69 Å². The highest BCUT2D eigenvalue weighted by Gasteiger charge is 2.13. The predicted octanol–water partition coefficient (Wildman–Crippen LogP) is 4.67. The standard InChI is InChI=1S/C17H19NOS2/c1-13(17(19)18-15-6-4-3-5-7-15)21-12-14-8-10-16(20-2)11-9-14/h3-11,13H,12H2,1-2H3,(H,18,19). The van der Waals surface area contributed by atoms with Crippen molar-refractivity contribution in [1.82, 2.24) is 0 Å². The van der Waals surface area contributed by atoms with Gasteiger partial charge >= 0.3 is 0 Å². The summed E-state index contributed by atoms with van der Waals surface area (Å²) >= 11 is 3.39. The van der Waals surface area contributed by atoms with Crippen molar-refractivity contribution in [2.45, 2.75) is 22.8 Å². The van der Waals surface area contributed by atoms with Crippen LogP contribution in [0.2, 0.25) is 0 Å². The Balaban J connectivity index is 1.83. The lowest BCUT2D eigenvalue weighted by Crippen LogP contribution is -2.22. The quantitative estimate of drug-likeness (QED) is 0.785. The fourth-order valence-electron chi connectivity index (χ4n) is 1.78. The van der Waals surface area contributed by atoms with E-state index in [0.29, 0.717) is 0 Å². The molecule has 2 nitrogen and oxygen atoms in total. The summed E-state index contributed by atoms with van der Waals surface area (Å²) in [5, 5.41) is 2.85. The normalized spacial score (nSPS) is 11.9. The number of carbonyl (C=O) groups excluding carboxylic acids is 1. The first kappa shape index (κ1) is 16.0. The van der Waals surface area contributed by atoms with E-state index < -0.39 is 0 Å². The first-order chi connectivity index (χ1) is 10.2. The van der Waals surface area contributed by atoms with Gasteiger partial charge in [-0.05, 0) is 43.0 Å². The van der Waals surface area contributed by atoms with Crippen LogP contribution in [0.3, 0.4) is 0 Å². The third kappa shape index (κ3) is 5.14. The van der Waals surface area contributed by atoms with E-state index in [4.69, 9.17) is 0 Å². The lowest BCUT2D eigenvalue weighted by Gasteiger charge is -2.12. The molecule has 0 saturated heterocycles. The van der Waals surface area contributed by atoms with Gasteiger partial charge in [0.05, 0.1) is 5.25 Å². The summed E-state index contributed by atoms with van der Waals surface area (Å²) in [7, 11) is 0. The fraction of sp³-hybridized carbons (Fsp3) is 0.235. The number of benzene rings is 2. The molecular formula is C17H19NOS2. The van der Waals surface area contributed by atoms with E-state index in [-0.39, 0.29) is 11.2 Å². The van der Waals surface area contributed by atoms with Crippen LogP contribution in [0, 0.1) is 0 Å². The monoisotopic (exact) mass is 317 g/mol. The summed E-state index contributed by atoms with van der Waals surface area (Å²) in [6, 6.07) is 18.1. The minimum absolute atomic E-state index is 0.0481. The van der Waals surface area contributed by atoms with Gasteiger partial charge in [0.25, 0.3) is 0 Å². The van der Waals surface area contributed by atoms with Gasteiger partial charge in [-0.1, -0.05) is 30.3 Å². The minimum atomic E-state index is -0.0783. The van der Waals surface area contributed by atoms with Crippen LogP contribution in [0.5, 0.6) is 0 Å². The average Bonchev–Trinajstić information content (AvgIpc) is 2.54. The largest absolute Gasteiger partial charge is 0.325 e. The molecule has 2 aromatic rings. The molecule has 0 aromatic heterocycles. The Kier molecular flexibility index (Phi) is 6.21. The lowest BCUT2D eigenvalue weighted by atomic mass is 10.2. The first-order valence-electron chi connectivity index (χ1n) is 6.79. The van der Waals surface area contributed by atoms with Crippen LogP contribution in [0.15, 0.2) is 59.5 Å². The van der Waals surface area contributed by atoms with Crippen molar-refractivity contribution in [1.29, 1.82) is 0 Å². The van der Waals surface area contributed by atoms with Gasteiger partial charge in [0, 0.05) is 16.3 Å². The van der Waals surface area contributed by atoms with Gasteiger partial charge in [0.15, 0.2) is 0 Å². The smallest absolute Gasteiger partial charge is 0.237 e. The van der Waals surface area contributed by atoms with Crippen molar-refractivity contribution >= 4 is 35.1 Å². The number of hydrogen-bond donors (Lipinski definition) is 1. The molecule has 1 unspecified atom stereocenters. The Bertz CT molecular complexity index is 569. The summed E-state index contributed by atoms with van der Waals surface area (Å²) in [5.41, 5.74) is 2.09. The molecule has 0 fully saturated rings. The van der Waals surface area contributed by atoms with Gasteiger partial charge in [-0.25, -0.2) is 0 Å². The molecule has 1 atom stereocenters. The number of nitrogens with one attached hydrogen (secondary N) is 1. The van der Waals surface area contributed by atoms with E-state index in [1.807, 2.05) is 37.3 Å². The number of amides is 1. The second kappa shape index (κ2) is 8.15. The molecule has 0 aliphatic carbocycles. The molecule has 1 N–H and O–H groups in total. The van der Waals surface area contributed by atoms with Crippen LogP contribution in [0.1, 0.15) is 12.5 Å². The first-order valence-corrected chi connectivity index (χ1v) is 9.07. The maximum atomic E-state index is 12.1. The summed E-state index contributed by atoms with van der Waals surface area (Å²) < 4.78 is 0. The number of para-hydroxylation sites is 1. The van der Waals surface area contributed by atoms with Crippen LogP contribution in [0.25, 0.3) is 0 Å². The maximum absolute atomic E-state index is 12.1. The van der Waals surface area contributed by atoms with Crippen LogP contribution < -0.4 is 5.32 Å². The summed E-state index contributed by atoms with van der Waals surface area (Å²) in [6.07, 6.45) is 2.07. The van der Waals surface area contributed by atoms with Gasteiger partial charge < -0.3 is 5.32 Å². The van der Waals surface area contributed by atoms with Crippen LogP contribution in [-0.4, -0.2) is 17.4 Å². The third-order valence-electron chi connectivity index (χ3n) is 3.07. The lowest BCUT2D eigenvalue weighted by molar-refractivity contribution is -0.115. The van der Waals surface area contributed by atoms with E-state index >= 15 is 0 Å². The van der Waals surface area contributed by atoms with E-state index in [1.54, 1.807) is 23.5 Å². The predicted molar refractivity (Wildman–Crippen MR) is 94.1 cm³/mol. The Morgan fingerprint density at radius 2 is 1.76 bits per heavy atom. The molecular weight excluding hydrogens is 298 g/mol. The molecule has 0 radical (unpaired) electrons. The van der Waals surface area contributed by atoms with E-state index in [1.165, 1.54) is 10.5 Å². The molecule has 21 heavy (non-hydrogen) atoms. The van der Waals surface area contributed by atoms with Crippen molar-refractivity contribution in [3.05, 3.63) is 60.2 Å². The van der Waals surface area contributed by atoms with Crippen LogP contribution >= 0.6 is 23.5 Å². The van der Waals surface area contributed by atoms with Crippen LogP contribution in [-0.2, 0) is 10.5 Å². The zero-order valence-corrected chi connectivity index (χ0v) is 13.8.